The number of fused-ring (bicyclic) bond motifs is 1. The fourth-order valence-corrected chi connectivity index (χ4v) is 1.97. The van der Waals surface area contributed by atoms with Crippen LogP contribution in [0.4, 0.5) is 0 Å². The van der Waals surface area contributed by atoms with Gasteiger partial charge < -0.3 is 10.6 Å². The molecule has 1 amide bonds. The van der Waals surface area contributed by atoms with E-state index in [1.165, 1.54) is 0 Å². The third kappa shape index (κ3) is 3.76. The highest BCUT2D eigenvalue weighted by Gasteiger charge is 2.00. The number of carbonyl (C=O) groups is 1. The van der Waals surface area contributed by atoms with E-state index in [1.54, 1.807) is 0 Å². The Labute approximate surface area is 113 Å². The summed E-state index contributed by atoms with van der Waals surface area (Å²) in [6.45, 7) is 5.60. The van der Waals surface area contributed by atoms with Crippen molar-refractivity contribution < 1.29 is 4.79 Å². The molecule has 1 aromatic heterocycles. The summed E-state index contributed by atoms with van der Waals surface area (Å²) in [4.78, 5) is 15.8. The van der Waals surface area contributed by atoms with Gasteiger partial charge in [0.15, 0.2) is 0 Å². The van der Waals surface area contributed by atoms with Crippen LogP contribution in [-0.4, -0.2) is 24.0 Å². The maximum absolute atomic E-state index is 11.3. The lowest BCUT2D eigenvalue weighted by molar-refractivity contribution is -0.120. The lowest BCUT2D eigenvalue weighted by Gasteiger charge is -2.06. The highest BCUT2D eigenvalue weighted by molar-refractivity contribution is 5.79. The maximum atomic E-state index is 11.3. The van der Waals surface area contributed by atoms with E-state index in [2.05, 4.69) is 27.8 Å². The number of aromatic nitrogens is 1. The minimum Gasteiger partial charge on any atom is -0.355 e. The number of hydrogen-bond donors (Lipinski definition) is 2. The van der Waals surface area contributed by atoms with Crippen molar-refractivity contribution in [2.75, 3.05) is 13.1 Å². The molecule has 0 aliphatic rings. The van der Waals surface area contributed by atoms with Crippen molar-refractivity contribution in [3.05, 3.63) is 41.6 Å². The Morgan fingerprint density at radius 2 is 2.11 bits per heavy atom. The van der Waals surface area contributed by atoms with Crippen LogP contribution in [0.25, 0.3) is 10.9 Å². The largest absolute Gasteiger partial charge is 0.355 e. The van der Waals surface area contributed by atoms with Crippen molar-refractivity contribution >= 4 is 16.8 Å². The average Bonchev–Trinajstić information content (AvgIpc) is 2.39. The van der Waals surface area contributed by atoms with Crippen LogP contribution in [0.15, 0.2) is 30.3 Å². The Morgan fingerprint density at radius 1 is 1.26 bits per heavy atom. The van der Waals surface area contributed by atoms with E-state index in [4.69, 9.17) is 0 Å². The van der Waals surface area contributed by atoms with Gasteiger partial charge in [-0.3, -0.25) is 9.78 Å². The summed E-state index contributed by atoms with van der Waals surface area (Å²) in [5.74, 6) is 0.0283. The van der Waals surface area contributed by atoms with Crippen molar-refractivity contribution in [3.63, 3.8) is 0 Å². The molecule has 0 atom stereocenters. The second-order valence-electron chi connectivity index (χ2n) is 4.54. The van der Waals surface area contributed by atoms with E-state index in [0.717, 1.165) is 22.2 Å². The van der Waals surface area contributed by atoms with Crippen molar-refractivity contribution in [2.45, 2.75) is 20.4 Å². The van der Waals surface area contributed by atoms with Gasteiger partial charge in [-0.2, -0.15) is 0 Å². The monoisotopic (exact) mass is 257 g/mol. The molecule has 0 unspecified atom stereocenters. The van der Waals surface area contributed by atoms with Gasteiger partial charge >= 0.3 is 0 Å². The fraction of sp³-hybridized carbons (Fsp3) is 0.333. The molecule has 2 rings (SSSR count). The molecule has 0 saturated carbocycles. The highest BCUT2D eigenvalue weighted by atomic mass is 16.1. The first-order chi connectivity index (χ1) is 9.19. The molecule has 0 saturated heterocycles. The molecule has 0 spiro atoms. The predicted octanol–water partition coefficient (Wildman–Crippen LogP) is 1.77. The summed E-state index contributed by atoms with van der Waals surface area (Å²) in [6, 6.07) is 10.2. The number of nitrogens with one attached hydrogen (secondary N) is 2. The molecular formula is C15H19N3O. The molecule has 1 aromatic carbocycles. The first-order valence-electron chi connectivity index (χ1n) is 6.52. The summed E-state index contributed by atoms with van der Waals surface area (Å²) in [6.07, 6.45) is 0. The number of carbonyl (C=O) groups excluding carboxylic acids is 1. The summed E-state index contributed by atoms with van der Waals surface area (Å²) in [5, 5.41) is 7.01. The summed E-state index contributed by atoms with van der Waals surface area (Å²) in [5.41, 5.74) is 3.18. The number of benzene rings is 1. The lowest BCUT2D eigenvalue weighted by Crippen LogP contribution is -2.33. The molecule has 0 aliphatic carbocycles. The molecule has 2 aromatic rings. The molecule has 4 nitrogen and oxygen atoms in total. The van der Waals surface area contributed by atoms with E-state index in [1.807, 2.05) is 32.0 Å². The Kier molecular flexibility index (Phi) is 4.47. The van der Waals surface area contributed by atoms with E-state index in [-0.39, 0.29) is 5.91 Å². The van der Waals surface area contributed by atoms with E-state index in [9.17, 15) is 4.79 Å². The van der Waals surface area contributed by atoms with Crippen molar-refractivity contribution in [1.82, 2.24) is 15.6 Å². The van der Waals surface area contributed by atoms with Crippen LogP contribution in [0.5, 0.6) is 0 Å². The quantitative estimate of drug-likeness (QED) is 0.858. The third-order valence-corrected chi connectivity index (χ3v) is 2.88. The van der Waals surface area contributed by atoms with E-state index in [0.29, 0.717) is 19.6 Å². The second kappa shape index (κ2) is 6.29. The van der Waals surface area contributed by atoms with Crippen molar-refractivity contribution in [3.8, 4) is 0 Å². The molecule has 1 heterocycles. The Morgan fingerprint density at radius 3 is 2.89 bits per heavy atom. The predicted molar refractivity (Wildman–Crippen MR) is 76.9 cm³/mol. The molecule has 4 heteroatoms. The van der Waals surface area contributed by atoms with Crippen LogP contribution in [0.1, 0.15) is 18.2 Å². The number of amides is 1. The molecule has 0 bridgehead atoms. The number of nitrogens with zero attached hydrogens (tertiary/aromatic N) is 1. The average molecular weight is 257 g/mol. The highest BCUT2D eigenvalue weighted by Crippen LogP contribution is 2.14. The first kappa shape index (κ1) is 13.5. The standard InChI is InChI=1S/C15H19N3O/c1-3-17-15(19)10-16-9-12-5-7-14-13(8-12)6-4-11(2)18-14/h4-8,16H,3,9-10H2,1-2H3,(H,17,19). The van der Waals surface area contributed by atoms with Crippen LogP contribution >= 0.6 is 0 Å². The van der Waals surface area contributed by atoms with Gasteiger partial charge in [-0.15, -0.1) is 0 Å². The summed E-state index contributed by atoms with van der Waals surface area (Å²) >= 11 is 0. The zero-order chi connectivity index (χ0) is 13.7. The van der Waals surface area contributed by atoms with Gasteiger partial charge in [-0.25, -0.2) is 0 Å². The minimum absolute atomic E-state index is 0.0283. The van der Waals surface area contributed by atoms with Crippen LogP contribution in [-0.2, 0) is 11.3 Å². The lowest BCUT2D eigenvalue weighted by atomic mass is 10.1. The molecule has 19 heavy (non-hydrogen) atoms. The zero-order valence-electron chi connectivity index (χ0n) is 11.4. The van der Waals surface area contributed by atoms with Gasteiger partial charge in [-0.05, 0) is 37.6 Å². The van der Waals surface area contributed by atoms with Crippen LogP contribution in [0, 0.1) is 6.92 Å². The Hall–Kier alpha value is -1.94. The van der Waals surface area contributed by atoms with Crippen LogP contribution in [0.3, 0.4) is 0 Å². The number of hydrogen-bond acceptors (Lipinski definition) is 3. The minimum atomic E-state index is 0.0283. The number of aryl methyl sites for hydroxylation is 1. The van der Waals surface area contributed by atoms with Gasteiger partial charge in [0, 0.05) is 24.2 Å². The molecule has 100 valence electrons. The Bertz CT molecular complexity index is 581. The van der Waals surface area contributed by atoms with Gasteiger partial charge in [0.1, 0.15) is 0 Å². The number of likely N-dealkylation sites (N-methyl/N-ethyl adjacent to an activating group) is 1. The number of rotatable bonds is 5. The topological polar surface area (TPSA) is 54.0 Å². The summed E-state index contributed by atoms with van der Waals surface area (Å²) in [7, 11) is 0. The Balaban J connectivity index is 1.98. The smallest absolute Gasteiger partial charge is 0.233 e. The molecule has 0 fully saturated rings. The molecular weight excluding hydrogens is 238 g/mol. The second-order valence-corrected chi connectivity index (χ2v) is 4.54. The molecule has 0 aliphatic heterocycles. The van der Waals surface area contributed by atoms with Crippen molar-refractivity contribution in [1.29, 1.82) is 0 Å². The van der Waals surface area contributed by atoms with Gasteiger partial charge in [0.2, 0.25) is 5.91 Å². The van der Waals surface area contributed by atoms with Crippen LogP contribution in [0.2, 0.25) is 0 Å². The number of pyridine rings is 1. The third-order valence-electron chi connectivity index (χ3n) is 2.88. The summed E-state index contributed by atoms with van der Waals surface area (Å²) < 4.78 is 0. The molecule has 0 radical (unpaired) electrons. The normalized spacial score (nSPS) is 10.6. The van der Waals surface area contributed by atoms with Gasteiger partial charge in [-0.1, -0.05) is 12.1 Å². The van der Waals surface area contributed by atoms with E-state index >= 15 is 0 Å². The maximum Gasteiger partial charge on any atom is 0.233 e. The van der Waals surface area contributed by atoms with Gasteiger partial charge in [0.05, 0.1) is 12.1 Å². The van der Waals surface area contributed by atoms with E-state index < -0.39 is 0 Å². The van der Waals surface area contributed by atoms with Crippen LogP contribution < -0.4 is 10.6 Å². The fourth-order valence-electron chi connectivity index (χ4n) is 1.97. The molecule has 2 N–H and O–H groups in total. The van der Waals surface area contributed by atoms with Gasteiger partial charge in [0.25, 0.3) is 0 Å². The SMILES string of the molecule is CCNC(=O)CNCc1ccc2nc(C)ccc2c1. The van der Waals surface area contributed by atoms with Crippen molar-refractivity contribution in [2.24, 2.45) is 0 Å². The first-order valence-corrected chi connectivity index (χ1v) is 6.52. The zero-order valence-corrected chi connectivity index (χ0v) is 11.4.